The molecular weight excluding hydrogens is 1320 g/mol. The largest absolute Gasteiger partial charge is 0.456 e. The van der Waals surface area contributed by atoms with Crippen LogP contribution >= 0.6 is 0 Å². The lowest BCUT2D eigenvalue weighted by Gasteiger charge is -2.09. The fourth-order valence-corrected chi connectivity index (χ4v) is 16.0. The van der Waals surface area contributed by atoms with Crippen molar-refractivity contribution in [2.24, 2.45) is 0 Å². The highest BCUT2D eigenvalue weighted by Gasteiger charge is 2.20. The molecule has 23 rings (SSSR count). The molecule has 0 atom stereocenters. The van der Waals surface area contributed by atoms with Gasteiger partial charge in [-0.1, -0.05) is 218 Å². The van der Waals surface area contributed by atoms with Crippen LogP contribution in [0.1, 0.15) is 0 Å². The van der Waals surface area contributed by atoms with E-state index in [1.165, 1.54) is 71.3 Å². The summed E-state index contributed by atoms with van der Waals surface area (Å²) in [4.78, 5) is 14.6. The van der Waals surface area contributed by atoms with Gasteiger partial charge in [0.15, 0.2) is 0 Å². The molecule has 9 heteroatoms. The molecule has 0 radical (unpaired) electrons. The first-order valence-electron chi connectivity index (χ1n) is 36.3. The third-order valence-electron chi connectivity index (χ3n) is 21.1. The summed E-state index contributed by atoms with van der Waals surface area (Å²) in [6.45, 7) is 0. The Morgan fingerprint density at radius 1 is 0.185 bits per heavy atom. The van der Waals surface area contributed by atoms with Crippen LogP contribution < -0.4 is 0 Å². The molecule has 9 nitrogen and oxygen atoms in total. The Balaban J connectivity index is 0.000000104. The van der Waals surface area contributed by atoms with E-state index in [0.29, 0.717) is 0 Å². The predicted octanol–water partition coefficient (Wildman–Crippen LogP) is 26.6. The molecule has 506 valence electrons. The number of hydrogen-bond donors (Lipinski definition) is 0. The first-order valence-corrected chi connectivity index (χ1v) is 36.3. The van der Waals surface area contributed by atoms with Crippen LogP contribution in [0, 0.1) is 0 Å². The van der Waals surface area contributed by atoms with Crippen LogP contribution in [0.5, 0.6) is 0 Å². The van der Waals surface area contributed by atoms with Crippen molar-refractivity contribution in [3.63, 3.8) is 0 Å². The summed E-state index contributed by atoms with van der Waals surface area (Å²) in [7, 11) is 0. The average Bonchev–Trinajstić information content (AvgIpc) is 1.60. The van der Waals surface area contributed by atoms with Crippen molar-refractivity contribution in [2.45, 2.75) is 0 Å². The number of fused-ring (bicyclic) bond motifs is 18. The van der Waals surface area contributed by atoms with Crippen LogP contribution in [0.2, 0.25) is 0 Å². The average molecular weight is 1380 g/mol. The fourth-order valence-electron chi connectivity index (χ4n) is 16.0. The van der Waals surface area contributed by atoms with E-state index in [9.17, 15) is 0 Å². The number of para-hydroxylation sites is 6. The molecule has 0 unspecified atom stereocenters. The van der Waals surface area contributed by atoms with Gasteiger partial charge in [-0.3, -0.25) is 13.7 Å². The van der Waals surface area contributed by atoms with Crippen LogP contribution in [0.25, 0.3) is 204 Å². The molecule has 0 aliphatic heterocycles. The Hall–Kier alpha value is -14.7. The molecule has 0 bridgehead atoms. The van der Waals surface area contributed by atoms with E-state index in [1.54, 1.807) is 0 Å². The quantitative estimate of drug-likeness (QED) is 0.150. The maximum atomic E-state index is 6.05. The minimum atomic E-state index is 0.912. The van der Waals surface area contributed by atoms with Crippen molar-refractivity contribution in [1.82, 2.24) is 28.7 Å². The molecule has 0 aliphatic rings. The van der Waals surface area contributed by atoms with Crippen LogP contribution in [0.15, 0.2) is 390 Å². The molecule has 0 fully saturated rings. The van der Waals surface area contributed by atoms with Crippen molar-refractivity contribution in [3.05, 3.63) is 376 Å². The number of rotatable bonds is 8. The number of nitrogens with zero attached hydrogens (tertiary/aromatic N) is 6. The number of aromatic nitrogens is 6. The first-order chi connectivity index (χ1) is 53.5. The molecule has 9 heterocycles. The Bertz CT molecular complexity index is 7430. The highest BCUT2D eigenvalue weighted by molar-refractivity contribution is 6.15. The van der Waals surface area contributed by atoms with E-state index >= 15 is 0 Å². The second-order valence-corrected chi connectivity index (χ2v) is 27.4. The van der Waals surface area contributed by atoms with Gasteiger partial charge in [0, 0.05) is 88.2 Å². The molecule has 14 aromatic carbocycles. The van der Waals surface area contributed by atoms with Gasteiger partial charge in [-0.2, -0.15) is 0 Å². The second kappa shape index (κ2) is 25.6. The van der Waals surface area contributed by atoms with E-state index < -0.39 is 0 Å². The molecule has 0 aliphatic carbocycles. The Morgan fingerprint density at radius 3 is 0.926 bits per heavy atom. The van der Waals surface area contributed by atoms with Gasteiger partial charge in [-0.05, 0) is 185 Å². The summed E-state index contributed by atoms with van der Waals surface area (Å²) in [5, 5.41) is 14.2. The molecule has 0 saturated carbocycles. The van der Waals surface area contributed by atoms with Gasteiger partial charge in [0.2, 0.25) is 0 Å². The smallest absolute Gasteiger partial charge is 0.138 e. The normalized spacial score (nSPS) is 11.7. The Labute approximate surface area is 618 Å². The fraction of sp³-hybridized carbons (Fsp3) is 0. The summed E-state index contributed by atoms with van der Waals surface area (Å²) < 4.78 is 24.9. The summed E-state index contributed by atoms with van der Waals surface area (Å²) in [6, 6.07) is 127. The first kappa shape index (κ1) is 61.9. The van der Waals surface area contributed by atoms with E-state index in [0.717, 1.165) is 133 Å². The van der Waals surface area contributed by atoms with Gasteiger partial charge in [0.1, 0.15) is 51.0 Å². The number of pyridine rings is 3. The summed E-state index contributed by atoms with van der Waals surface area (Å²) in [6.07, 6.45) is 3.80. The summed E-state index contributed by atoms with van der Waals surface area (Å²) in [5.74, 6) is 2.75. The topological polar surface area (TPSA) is 92.9 Å². The minimum absolute atomic E-state index is 0.912. The van der Waals surface area contributed by atoms with Crippen LogP contribution in [-0.4, -0.2) is 28.7 Å². The van der Waals surface area contributed by atoms with Crippen LogP contribution in [0.4, 0.5) is 0 Å². The third kappa shape index (κ3) is 10.6. The molecule has 0 spiro atoms. The zero-order chi connectivity index (χ0) is 71.2. The molecule has 23 aromatic rings. The van der Waals surface area contributed by atoms with Crippen molar-refractivity contribution in [1.29, 1.82) is 0 Å². The van der Waals surface area contributed by atoms with Gasteiger partial charge < -0.3 is 13.3 Å². The van der Waals surface area contributed by atoms with Gasteiger partial charge in [-0.25, -0.2) is 15.0 Å². The van der Waals surface area contributed by atoms with Gasteiger partial charge in [0.05, 0.1) is 38.8 Å². The standard InChI is InChI=1S/2C35H22N2O.C29H18N2O/c1-2-9-23(10-3-1)30-13-8-16-35(36-30)37-31-14-6-4-11-26(31)28-21-24(17-19-32(28)37)25-18-20-34-29(22-25)27-12-5-7-15-33(27)38-34;1-2-8-23(9-3-1)26-16-19-35(36-22-26)37-31-12-6-4-10-27(31)29-20-24(14-17-32(29)37)25-15-18-34-30(21-25)28-11-5-7-13-33(28)38-34;1-3-9-25-21(7-1)23-17-19(12-14-26(23)31(25)29-11-5-6-16-30-29)20-13-15-28-24(18-20)22-8-2-4-10-27(22)32-28/h2*1-22H;1-18H. The lowest BCUT2D eigenvalue weighted by molar-refractivity contribution is 0.668. The number of hydrogen-bond acceptors (Lipinski definition) is 6. The lowest BCUT2D eigenvalue weighted by Crippen LogP contribution is -1.98. The minimum Gasteiger partial charge on any atom is -0.456 e. The van der Waals surface area contributed by atoms with Crippen LogP contribution in [0.3, 0.4) is 0 Å². The van der Waals surface area contributed by atoms with Gasteiger partial charge in [0.25, 0.3) is 0 Å². The SMILES string of the molecule is c1ccc(-c2ccc(-n3c4ccccc4c4cc(-c5ccc6oc7ccccc7c6c5)ccc43)nc2)cc1.c1ccc(-c2cccc(-n3c4ccccc4c4cc(-c5ccc6oc7ccccc7c6c5)ccc43)n2)cc1.c1ccc(-n2c3ccccc3c3cc(-c4ccc5oc6ccccc6c5c4)ccc32)nc1. The molecule has 0 saturated heterocycles. The van der Waals surface area contributed by atoms with E-state index in [1.807, 2.05) is 73.1 Å². The van der Waals surface area contributed by atoms with Crippen molar-refractivity contribution < 1.29 is 13.3 Å². The van der Waals surface area contributed by atoms with Gasteiger partial charge >= 0.3 is 0 Å². The summed E-state index contributed by atoms with van der Waals surface area (Å²) in [5.41, 5.74) is 23.8. The summed E-state index contributed by atoms with van der Waals surface area (Å²) >= 11 is 0. The van der Waals surface area contributed by atoms with E-state index in [2.05, 4.69) is 322 Å². The third-order valence-corrected chi connectivity index (χ3v) is 21.1. The molecular formula is C99H62N6O3. The maximum absolute atomic E-state index is 6.05. The Kier molecular flexibility index (Phi) is 14.7. The van der Waals surface area contributed by atoms with Crippen molar-refractivity contribution in [3.8, 4) is 73.2 Å². The number of benzene rings is 14. The molecule has 108 heavy (non-hydrogen) atoms. The van der Waals surface area contributed by atoms with Crippen molar-refractivity contribution in [2.75, 3.05) is 0 Å². The van der Waals surface area contributed by atoms with Crippen molar-refractivity contribution >= 4 is 131 Å². The highest BCUT2D eigenvalue weighted by atomic mass is 16.3. The molecule has 0 amide bonds. The zero-order valence-corrected chi connectivity index (χ0v) is 58.2. The lowest BCUT2D eigenvalue weighted by atomic mass is 10.0. The zero-order valence-electron chi connectivity index (χ0n) is 58.2. The molecule has 0 N–H and O–H groups in total. The number of furan rings is 3. The highest BCUT2D eigenvalue weighted by Crippen LogP contribution is 2.42. The monoisotopic (exact) mass is 1380 g/mol. The van der Waals surface area contributed by atoms with Gasteiger partial charge in [-0.15, -0.1) is 0 Å². The van der Waals surface area contributed by atoms with Crippen LogP contribution in [-0.2, 0) is 0 Å². The van der Waals surface area contributed by atoms with E-state index in [4.69, 9.17) is 23.2 Å². The second-order valence-electron chi connectivity index (χ2n) is 27.4. The predicted molar refractivity (Wildman–Crippen MR) is 445 cm³/mol. The maximum Gasteiger partial charge on any atom is 0.138 e. The van der Waals surface area contributed by atoms with E-state index in [-0.39, 0.29) is 0 Å². The molecule has 9 aromatic heterocycles. The Morgan fingerprint density at radius 2 is 0.509 bits per heavy atom.